The molecule has 1 fully saturated rings. The Morgan fingerprint density at radius 3 is 2.68 bits per heavy atom. The van der Waals surface area contributed by atoms with E-state index in [1.165, 1.54) is 19.3 Å². The summed E-state index contributed by atoms with van der Waals surface area (Å²) in [5, 5.41) is 5.95. The van der Waals surface area contributed by atoms with Crippen LogP contribution in [-0.2, 0) is 11.3 Å². The van der Waals surface area contributed by atoms with E-state index in [0.717, 1.165) is 23.4 Å². The van der Waals surface area contributed by atoms with Crippen molar-refractivity contribution < 1.29 is 4.79 Å². The van der Waals surface area contributed by atoms with E-state index in [4.69, 9.17) is 0 Å². The minimum atomic E-state index is -0.0664. The van der Waals surface area contributed by atoms with Crippen LogP contribution < -0.4 is 5.32 Å². The summed E-state index contributed by atoms with van der Waals surface area (Å²) in [7, 11) is 0. The molecule has 0 saturated heterocycles. The molecule has 1 aliphatic carbocycles. The largest absolute Gasteiger partial charge is 0.349 e. The van der Waals surface area contributed by atoms with E-state index in [0.29, 0.717) is 12.5 Å². The standard InChI is InChI=1S/C17H21N3OS/c21-17(20-12-15-19-10-11-22-15)16(13-4-2-1-3-5-13)14-6-8-18-9-7-14/h6-11,13,16H,1-5,12H2,(H,20,21). The zero-order valence-electron chi connectivity index (χ0n) is 12.6. The van der Waals surface area contributed by atoms with E-state index < -0.39 is 0 Å². The van der Waals surface area contributed by atoms with Gasteiger partial charge in [0.15, 0.2) is 0 Å². The molecule has 5 heteroatoms. The van der Waals surface area contributed by atoms with Gasteiger partial charge in [0.1, 0.15) is 5.01 Å². The molecule has 2 aromatic heterocycles. The molecule has 1 atom stereocenters. The van der Waals surface area contributed by atoms with Gasteiger partial charge in [0, 0.05) is 24.0 Å². The predicted octanol–water partition coefficient (Wildman–Crippen LogP) is 3.52. The van der Waals surface area contributed by atoms with Gasteiger partial charge >= 0.3 is 0 Å². The molecular formula is C17H21N3OS. The van der Waals surface area contributed by atoms with Crippen LogP contribution in [0.5, 0.6) is 0 Å². The van der Waals surface area contributed by atoms with E-state index in [2.05, 4.69) is 15.3 Å². The van der Waals surface area contributed by atoms with Crippen LogP contribution in [-0.4, -0.2) is 15.9 Å². The molecule has 1 amide bonds. The summed E-state index contributed by atoms with van der Waals surface area (Å²) < 4.78 is 0. The minimum absolute atomic E-state index is 0.0664. The van der Waals surface area contributed by atoms with Gasteiger partial charge in [-0.2, -0.15) is 0 Å². The molecule has 0 radical (unpaired) electrons. The van der Waals surface area contributed by atoms with Crippen molar-refractivity contribution >= 4 is 17.2 Å². The first-order chi connectivity index (χ1) is 10.8. The molecule has 1 aliphatic rings. The van der Waals surface area contributed by atoms with Crippen molar-refractivity contribution in [1.82, 2.24) is 15.3 Å². The highest BCUT2D eigenvalue weighted by atomic mass is 32.1. The average molecular weight is 315 g/mol. The van der Waals surface area contributed by atoms with Crippen LogP contribution >= 0.6 is 11.3 Å². The Morgan fingerprint density at radius 2 is 2.00 bits per heavy atom. The lowest BCUT2D eigenvalue weighted by molar-refractivity contribution is -0.124. The lowest BCUT2D eigenvalue weighted by Crippen LogP contribution is -2.34. The lowest BCUT2D eigenvalue weighted by Gasteiger charge is -2.29. The van der Waals surface area contributed by atoms with Crippen molar-refractivity contribution in [2.75, 3.05) is 0 Å². The molecule has 1 N–H and O–H groups in total. The summed E-state index contributed by atoms with van der Waals surface area (Å²) >= 11 is 1.57. The van der Waals surface area contributed by atoms with Crippen molar-refractivity contribution in [2.45, 2.75) is 44.6 Å². The van der Waals surface area contributed by atoms with Crippen molar-refractivity contribution in [3.63, 3.8) is 0 Å². The quantitative estimate of drug-likeness (QED) is 0.918. The number of hydrogen-bond donors (Lipinski definition) is 1. The third kappa shape index (κ3) is 3.71. The SMILES string of the molecule is O=C(NCc1nccs1)C(c1ccncc1)C1CCCCC1. The molecule has 22 heavy (non-hydrogen) atoms. The molecule has 1 unspecified atom stereocenters. The van der Waals surface area contributed by atoms with Crippen molar-refractivity contribution in [1.29, 1.82) is 0 Å². The van der Waals surface area contributed by atoms with Crippen LogP contribution in [0.4, 0.5) is 0 Å². The third-order valence-electron chi connectivity index (χ3n) is 4.37. The Balaban J connectivity index is 1.73. The first-order valence-corrected chi connectivity index (χ1v) is 8.78. The molecule has 2 aromatic rings. The minimum Gasteiger partial charge on any atom is -0.349 e. The van der Waals surface area contributed by atoms with Crippen LogP contribution in [0, 0.1) is 5.92 Å². The van der Waals surface area contributed by atoms with Crippen molar-refractivity contribution in [3.8, 4) is 0 Å². The molecule has 2 heterocycles. The summed E-state index contributed by atoms with van der Waals surface area (Å²) in [5.74, 6) is 0.490. The highest BCUT2D eigenvalue weighted by Crippen LogP contribution is 2.36. The van der Waals surface area contributed by atoms with Crippen LogP contribution in [0.15, 0.2) is 36.1 Å². The molecule has 3 rings (SSSR count). The molecule has 0 aliphatic heterocycles. The summed E-state index contributed by atoms with van der Waals surface area (Å²) in [6.45, 7) is 0.519. The second-order valence-corrected chi connectivity index (χ2v) is 6.78. The smallest absolute Gasteiger partial charge is 0.228 e. The monoisotopic (exact) mass is 315 g/mol. The first-order valence-electron chi connectivity index (χ1n) is 7.90. The Morgan fingerprint density at radius 1 is 1.23 bits per heavy atom. The normalized spacial score (nSPS) is 17.1. The van der Waals surface area contributed by atoms with Crippen molar-refractivity contribution in [3.05, 3.63) is 46.7 Å². The van der Waals surface area contributed by atoms with Crippen molar-refractivity contribution in [2.24, 2.45) is 5.92 Å². The maximum absolute atomic E-state index is 12.8. The van der Waals surface area contributed by atoms with Gasteiger partial charge in [0.25, 0.3) is 0 Å². The number of rotatable bonds is 5. The third-order valence-corrected chi connectivity index (χ3v) is 5.15. The number of carbonyl (C=O) groups excluding carboxylic acids is 1. The highest BCUT2D eigenvalue weighted by molar-refractivity contribution is 7.09. The average Bonchev–Trinajstić information content (AvgIpc) is 3.09. The maximum atomic E-state index is 12.8. The van der Waals surface area contributed by atoms with Crippen LogP contribution in [0.1, 0.15) is 48.6 Å². The molecule has 0 aromatic carbocycles. The van der Waals surface area contributed by atoms with Gasteiger partial charge < -0.3 is 5.32 Å². The maximum Gasteiger partial charge on any atom is 0.228 e. The Hall–Kier alpha value is -1.75. The molecule has 4 nitrogen and oxygen atoms in total. The van der Waals surface area contributed by atoms with E-state index in [1.807, 2.05) is 17.5 Å². The fourth-order valence-electron chi connectivity index (χ4n) is 3.29. The van der Waals surface area contributed by atoms with E-state index in [-0.39, 0.29) is 11.8 Å². The summed E-state index contributed by atoms with van der Waals surface area (Å²) in [4.78, 5) is 21.1. The topological polar surface area (TPSA) is 54.9 Å². The number of aromatic nitrogens is 2. The fraction of sp³-hybridized carbons (Fsp3) is 0.471. The first kappa shape index (κ1) is 15.2. The van der Waals surface area contributed by atoms with Gasteiger partial charge in [-0.05, 0) is 36.5 Å². The van der Waals surface area contributed by atoms with Gasteiger partial charge in [-0.1, -0.05) is 19.3 Å². The number of nitrogens with zero attached hydrogens (tertiary/aromatic N) is 2. The van der Waals surface area contributed by atoms with Crippen LogP contribution in [0.25, 0.3) is 0 Å². The second kappa shape index (κ2) is 7.49. The second-order valence-electron chi connectivity index (χ2n) is 5.80. The number of thiazole rings is 1. The Labute approximate surface area is 135 Å². The number of pyridine rings is 1. The molecule has 0 bridgehead atoms. The lowest BCUT2D eigenvalue weighted by atomic mass is 9.76. The van der Waals surface area contributed by atoms with E-state index in [9.17, 15) is 4.79 Å². The number of amides is 1. The van der Waals surface area contributed by atoms with E-state index >= 15 is 0 Å². The Bertz CT molecular complexity index is 579. The van der Waals surface area contributed by atoms with Gasteiger partial charge in [0.2, 0.25) is 5.91 Å². The van der Waals surface area contributed by atoms with Gasteiger partial charge in [-0.3, -0.25) is 9.78 Å². The number of carbonyl (C=O) groups is 1. The van der Waals surface area contributed by atoms with E-state index in [1.54, 1.807) is 29.9 Å². The zero-order valence-corrected chi connectivity index (χ0v) is 13.4. The highest BCUT2D eigenvalue weighted by Gasteiger charge is 2.30. The van der Waals surface area contributed by atoms with Gasteiger partial charge in [0.05, 0.1) is 12.5 Å². The Kier molecular flexibility index (Phi) is 5.16. The van der Waals surface area contributed by atoms with Gasteiger partial charge in [-0.15, -0.1) is 11.3 Å². The summed E-state index contributed by atoms with van der Waals surface area (Å²) in [5.41, 5.74) is 1.08. The van der Waals surface area contributed by atoms with Crippen LogP contribution in [0.3, 0.4) is 0 Å². The molecule has 116 valence electrons. The molecule has 1 saturated carbocycles. The summed E-state index contributed by atoms with van der Waals surface area (Å²) in [6.07, 6.45) is 11.3. The number of nitrogens with one attached hydrogen (secondary N) is 1. The predicted molar refractivity (Wildman–Crippen MR) is 87.5 cm³/mol. The molecule has 0 spiro atoms. The number of hydrogen-bond acceptors (Lipinski definition) is 4. The molecular weight excluding hydrogens is 294 g/mol. The summed E-state index contributed by atoms with van der Waals surface area (Å²) in [6, 6.07) is 3.95. The zero-order chi connectivity index (χ0) is 15.2. The van der Waals surface area contributed by atoms with Crippen LogP contribution in [0.2, 0.25) is 0 Å². The fourth-order valence-corrected chi connectivity index (χ4v) is 3.84. The van der Waals surface area contributed by atoms with Gasteiger partial charge in [-0.25, -0.2) is 4.98 Å².